The summed E-state index contributed by atoms with van der Waals surface area (Å²) < 4.78 is 21.8. The average Bonchev–Trinajstić information content (AvgIpc) is 3.22. The highest BCUT2D eigenvalue weighted by atomic mass is 16.8. The fourth-order valence-corrected chi connectivity index (χ4v) is 4.17. The van der Waals surface area contributed by atoms with Gasteiger partial charge >= 0.3 is 0 Å². The molecule has 4 rings (SSSR count). The summed E-state index contributed by atoms with van der Waals surface area (Å²) in [5.41, 5.74) is -2.51. The van der Waals surface area contributed by atoms with Crippen LogP contribution in [0.3, 0.4) is 0 Å². The van der Waals surface area contributed by atoms with Gasteiger partial charge in [-0.05, 0) is 13.0 Å². The van der Waals surface area contributed by atoms with Crippen molar-refractivity contribution in [2.24, 2.45) is 5.92 Å². The maximum atomic E-state index is 10.8. The van der Waals surface area contributed by atoms with Gasteiger partial charge in [-0.15, -0.1) is 0 Å². The lowest BCUT2D eigenvalue weighted by Crippen LogP contribution is -2.61. The first-order chi connectivity index (χ1) is 11.7. The second-order valence-corrected chi connectivity index (χ2v) is 7.17. The molecule has 0 spiro atoms. The van der Waals surface area contributed by atoms with E-state index in [1.54, 1.807) is 6.92 Å². The van der Waals surface area contributed by atoms with Crippen LogP contribution < -0.4 is 0 Å². The molecule has 0 radical (unpaired) electrons. The number of hydrogen-bond acceptors (Lipinski definition) is 10. The highest BCUT2D eigenvalue weighted by Crippen LogP contribution is 2.61. The van der Waals surface area contributed by atoms with Crippen LogP contribution in [0.1, 0.15) is 6.92 Å². The van der Waals surface area contributed by atoms with Crippen molar-refractivity contribution >= 4 is 0 Å². The number of fused-ring (bicyclic) bond motifs is 3. The van der Waals surface area contributed by atoms with E-state index in [2.05, 4.69) is 0 Å². The predicted molar refractivity (Wildman–Crippen MR) is 76.6 cm³/mol. The van der Waals surface area contributed by atoms with Gasteiger partial charge in [0.25, 0.3) is 0 Å². The number of epoxide rings is 1. The molecule has 1 aliphatic carbocycles. The number of hydrogen-bond donors (Lipinski definition) is 6. The third-order valence-electron chi connectivity index (χ3n) is 5.70. The Kier molecular flexibility index (Phi) is 3.93. The van der Waals surface area contributed by atoms with Gasteiger partial charge in [0.15, 0.2) is 6.29 Å². The van der Waals surface area contributed by atoms with Crippen LogP contribution in [0.25, 0.3) is 0 Å². The molecule has 0 aromatic carbocycles. The van der Waals surface area contributed by atoms with E-state index in [4.69, 9.17) is 18.9 Å². The normalized spacial score (nSPS) is 59.9. The zero-order chi connectivity index (χ0) is 18.1. The van der Waals surface area contributed by atoms with Gasteiger partial charge in [0, 0.05) is 0 Å². The first-order valence-electron chi connectivity index (χ1n) is 8.11. The number of ether oxygens (including phenoxy) is 4. The number of aliphatic hydroxyl groups excluding tert-OH is 5. The molecule has 10 heteroatoms. The minimum absolute atomic E-state index is 0.574. The van der Waals surface area contributed by atoms with Crippen molar-refractivity contribution in [2.45, 2.75) is 67.3 Å². The van der Waals surface area contributed by atoms with E-state index in [0.717, 1.165) is 0 Å². The van der Waals surface area contributed by atoms with Crippen LogP contribution >= 0.6 is 0 Å². The third-order valence-corrected chi connectivity index (χ3v) is 5.70. The van der Waals surface area contributed by atoms with Gasteiger partial charge < -0.3 is 49.6 Å². The summed E-state index contributed by atoms with van der Waals surface area (Å²) in [4.78, 5) is 0. The second kappa shape index (κ2) is 5.59. The Labute approximate surface area is 142 Å². The first kappa shape index (κ1) is 17.6. The Bertz CT molecular complexity index is 569. The van der Waals surface area contributed by atoms with Gasteiger partial charge in [-0.25, -0.2) is 0 Å². The van der Waals surface area contributed by atoms with E-state index in [1.807, 2.05) is 0 Å². The molecule has 10 nitrogen and oxygen atoms in total. The minimum Gasteiger partial charge on any atom is -0.472 e. The van der Waals surface area contributed by atoms with E-state index in [0.29, 0.717) is 0 Å². The van der Waals surface area contributed by atoms with Crippen LogP contribution in [0.2, 0.25) is 0 Å². The van der Waals surface area contributed by atoms with Crippen LogP contribution in [-0.2, 0) is 18.9 Å². The quantitative estimate of drug-likeness (QED) is 0.278. The third kappa shape index (κ3) is 2.30. The topological polar surface area (TPSA) is 162 Å². The lowest BCUT2D eigenvalue weighted by atomic mass is 9.82. The van der Waals surface area contributed by atoms with Crippen molar-refractivity contribution in [1.82, 2.24) is 0 Å². The highest BCUT2D eigenvalue weighted by molar-refractivity contribution is 5.31. The molecular formula is C15H22O10. The Morgan fingerprint density at radius 3 is 2.48 bits per heavy atom. The smallest absolute Gasteiger partial charge is 0.210 e. The summed E-state index contributed by atoms with van der Waals surface area (Å²) in [6.07, 6.45) is -7.63. The SMILES string of the molecule is C[C@]12O[C@H]1[C@@H](O)[C@]1(O)C=CO[C@@H](O[C@H]3O[C@H](CO)[C@@H](O)[C@H](O)[C@H]3O)[C@@H]12. The zero-order valence-corrected chi connectivity index (χ0v) is 13.4. The van der Waals surface area contributed by atoms with Crippen molar-refractivity contribution in [2.75, 3.05) is 6.61 Å². The van der Waals surface area contributed by atoms with Crippen LogP contribution in [0.15, 0.2) is 12.3 Å². The molecule has 4 aliphatic rings. The molecule has 3 heterocycles. The van der Waals surface area contributed by atoms with E-state index < -0.39 is 72.9 Å². The second-order valence-electron chi connectivity index (χ2n) is 7.17. The van der Waals surface area contributed by atoms with Gasteiger partial charge in [0.05, 0.1) is 18.8 Å². The molecule has 25 heavy (non-hydrogen) atoms. The lowest BCUT2D eigenvalue weighted by Gasteiger charge is -2.45. The lowest BCUT2D eigenvalue weighted by molar-refractivity contribution is -0.349. The Morgan fingerprint density at radius 2 is 1.80 bits per heavy atom. The summed E-state index contributed by atoms with van der Waals surface area (Å²) >= 11 is 0. The molecule has 3 fully saturated rings. The highest BCUT2D eigenvalue weighted by Gasteiger charge is 2.79. The van der Waals surface area contributed by atoms with Crippen LogP contribution in [0.5, 0.6) is 0 Å². The molecule has 3 aliphatic heterocycles. The van der Waals surface area contributed by atoms with E-state index in [-0.39, 0.29) is 0 Å². The van der Waals surface area contributed by atoms with Crippen molar-refractivity contribution in [3.8, 4) is 0 Å². The van der Waals surface area contributed by atoms with Gasteiger partial charge in [0.1, 0.15) is 47.8 Å². The molecule has 1 saturated carbocycles. The zero-order valence-electron chi connectivity index (χ0n) is 13.4. The molecule has 142 valence electrons. The van der Waals surface area contributed by atoms with Crippen molar-refractivity contribution in [3.63, 3.8) is 0 Å². The van der Waals surface area contributed by atoms with Gasteiger partial charge in [-0.3, -0.25) is 0 Å². The van der Waals surface area contributed by atoms with E-state index in [1.165, 1.54) is 12.3 Å². The summed E-state index contributed by atoms with van der Waals surface area (Å²) in [6.45, 7) is 1.11. The van der Waals surface area contributed by atoms with Gasteiger partial charge in [-0.1, -0.05) is 0 Å². The minimum atomic E-state index is -1.63. The maximum absolute atomic E-state index is 10.8. The molecule has 2 saturated heterocycles. The van der Waals surface area contributed by atoms with Crippen molar-refractivity contribution in [3.05, 3.63) is 12.3 Å². The molecule has 0 unspecified atom stereocenters. The number of rotatable bonds is 3. The Morgan fingerprint density at radius 1 is 1.08 bits per heavy atom. The summed E-state index contributed by atoms with van der Waals surface area (Å²) in [5, 5.41) is 60.0. The monoisotopic (exact) mass is 362 g/mol. The standard InChI is InChI=1S/C15H22O10/c1-14-9-13(22-3-2-15(9,21)10(20)11(14)25-14)24-12-8(19)7(18)6(17)5(4-16)23-12/h2-3,5-13,16-21H,4H2,1H3/t5-,6-,7+,8-,9-,10-,11+,12-,13+,14-,15+/m1/s1. The predicted octanol–water partition coefficient (Wildman–Crippen LogP) is -3.45. The largest absolute Gasteiger partial charge is 0.472 e. The van der Waals surface area contributed by atoms with Crippen molar-refractivity contribution in [1.29, 1.82) is 0 Å². The fraction of sp³-hybridized carbons (Fsp3) is 0.867. The van der Waals surface area contributed by atoms with Gasteiger partial charge in [0.2, 0.25) is 6.29 Å². The van der Waals surface area contributed by atoms with Gasteiger partial charge in [-0.2, -0.15) is 0 Å². The van der Waals surface area contributed by atoms with Crippen LogP contribution in [0.4, 0.5) is 0 Å². The Hall–Kier alpha value is -0.820. The fourth-order valence-electron chi connectivity index (χ4n) is 4.17. The first-order valence-corrected chi connectivity index (χ1v) is 8.11. The van der Waals surface area contributed by atoms with Crippen molar-refractivity contribution < 1.29 is 49.6 Å². The summed E-state index contributed by atoms with van der Waals surface area (Å²) in [5.74, 6) is -0.808. The molecule has 11 atom stereocenters. The average molecular weight is 362 g/mol. The molecule has 0 amide bonds. The molecule has 0 bridgehead atoms. The summed E-state index contributed by atoms with van der Waals surface area (Å²) in [6, 6.07) is 0. The van der Waals surface area contributed by atoms with E-state index in [9.17, 15) is 30.6 Å². The molecule has 0 aromatic heterocycles. The van der Waals surface area contributed by atoms with Crippen LogP contribution in [-0.4, -0.2) is 97.7 Å². The maximum Gasteiger partial charge on any atom is 0.210 e. The molecular weight excluding hydrogens is 340 g/mol. The molecule has 6 N–H and O–H groups in total. The Balaban J connectivity index is 1.56. The number of aliphatic hydroxyl groups is 6. The van der Waals surface area contributed by atoms with Crippen LogP contribution in [0, 0.1) is 5.92 Å². The van der Waals surface area contributed by atoms with E-state index >= 15 is 0 Å². The molecule has 0 aromatic rings. The summed E-state index contributed by atoms with van der Waals surface area (Å²) in [7, 11) is 0.